The molecule has 0 aliphatic carbocycles. The van der Waals surface area contributed by atoms with E-state index in [1.807, 2.05) is 39.8 Å². The van der Waals surface area contributed by atoms with Crippen LogP contribution in [0.2, 0.25) is 5.02 Å². The van der Waals surface area contributed by atoms with Gasteiger partial charge in [-0.3, -0.25) is 0 Å². The van der Waals surface area contributed by atoms with E-state index in [9.17, 15) is 4.79 Å². The minimum absolute atomic E-state index is 0.0604. The highest BCUT2D eigenvalue weighted by Crippen LogP contribution is 2.36. The molecule has 21 heavy (non-hydrogen) atoms. The SMILES string of the molecule is COc1cc2c(cc1Cl)CCN(C(=O)OC(C)(C)C)[C@H]2C. The molecule has 1 aliphatic heterocycles. The first-order chi connectivity index (χ1) is 9.73. The van der Waals surface area contributed by atoms with E-state index in [4.69, 9.17) is 21.1 Å². The average Bonchev–Trinajstić information content (AvgIpc) is 2.36. The number of hydrogen-bond donors (Lipinski definition) is 0. The second kappa shape index (κ2) is 5.76. The maximum absolute atomic E-state index is 12.3. The Bertz CT molecular complexity index is 551. The molecule has 0 spiro atoms. The molecule has 0 saturated carbocycles. The van der Waals surface area contributed by atoms with Crippen molar-refractivity contribution in [3.63, 3.8) is 0 Å². The third-order valence-corrected chi connectivity index (χ3v) is 3.88. The zero-order valence-corrected chi connectivity index (χ0v) is 14.0. The monoisotopic (exact) mass is 311 g/mol. The number of ether oxygens (including phenoxy) is 2. The van der Waals surface area contributed by atoms with E-state index in [0.29, 0.717) is 17.3 Å². The summed E-state index contributed by atoms with van der Waals surface area (Å²) >= 11 is 6.16. The van der Waals surface area contributed by atoms with Crippen LogP contribution >= 0.6 is 11.6 Å². The molecule has 1 amide bonds. The Hall–Kier alpha value is -1.42. The number of benzene rings is 1. The van der Waals surface area contributed by atoms with Crippen LogP contribution < -0.4 is 4.74 Å². The van der Waals surface area contributed by atoms with Gasteiger partial charge in [-0.2, -0.15) is 0 Å². The van der Waals surface area contributed by atoms with Crippen LogP contribution in [-0.4, -0.2) is 30.2 Å². The van der Waals surface area contributed by atoms with Gasteiger partial charge in [0.1, 0.15) is 11.4 Å². The molecule has 0 aromatic heterocycles. The lowest BCUT2D eigenvalue weighted by molar-refractivity contribution is 0.0159. The fourth-order valence-electron chi connectivity index (χ4n) is 2.54. The van der Waals surface area contributed by atoms with E-state index in [1.54, 1.807) is 12.0 Å². The Morgan fingerprint density at radius 3 is 2.62 bits per heavy atom. The predicted molar refractivity (Wildman–Crippen MR) is 83.1 cm³/mol. The van der Waals surface area contributed by atoms with Gasteiger partial charge >= 0.3 is 6.09 Å². The number of fused-ring (bicyclic) bond motifs is 1. The van der Waals surface area contributed by atoms with E-state index in [0.717, 1.165) is 17.5 Å². The van der Waals surface area contributed by atoms with Gasteiger partial charge in [0.25, 0.3) is 0 Å². The Morgan fingerprint density at radius 2 is 2.05 bits per heavy atom. The summed E-state index contributed by atoms with van der Waals surface area (Å²) in [6.07, 6.45) is 0.484. The third-order valence-electron chi connectivity index (χ3n) is 3.58. The first kappa shape index (κ1) is 16.0. The van der Waals surface area contributed by atoms with E-state index in [-0.39, 0.29) is 12.1 Å². The summed E-state index contributed by atoms with van der Waals surface area (Å²) in [4.78, 5) is 14.1. The van der Waals surface area contributed by atoms with Crippen molar-refractivity contribution >= 4 is 17.7 Å². The van der Waals surface area contributed by atoms with Gasteiger partial charge in [-0.25, -0.2) is 4.79 Å². The van der Waals surface area contributed by atoms with Gasteiger partial charge in [-0.15, -0.1) is 0 Å². The summed E-state index contributed by atoms with van der Waals surface area (Å²) in [5.74, 6) is 0.633. The molecular weight excluding hydrogens is 290 g/mol. The summed E-state index contributed by atoms with van der Waals surface area (Å²) < 4.78 is 10.7. The summed E-state index contributed by atoms with van der Waals surface area (Å²) in [6, 6.07) is 3.78. The van der Waals surface area contributed by atoms with Gasteiger partial charge in [0, 0.05) is 6.54 Å². The number of carbonyl (C=O) groups is 1. The van der Waals surface area contributed by atoms with Crippen molar-refractivity contribution in [2.45, 2.75) is 45.8 Å². The Balaban J connectivity index is 2.27. The number of hydrogen-bond acceptors (Lipinski definition) is 3. The molecule has 1 heterocycles. The number of nitrogens with zero attached hydrogens (tertiary/aromatic N) is 1. The molecule has 1 atom stereocenters. The van der Waals surface area contributed by atoms with Crippen molar-refractivity contribution in [1.29, 1.82) is 0 Å². The Morgan fingerprint density at radius 1 is 1.38 bits per heavy atom. The first-order valence-corrected chi connectivity index (χ1v) is 7.46. The van der Waals surface area contributed by atoms with Crippen molar-refractivity contribution in [3.05, 3.63) is 28.3 Å². The van der Waals surface area contributed by atoms with Crippen LogP contribution in [0.5, 0.6) is 5.75 Å². The summed E-state index contributed by atoms with van der Waals surface area (Å²) in [5.41, 5.74) is 1.73. The smallest absolute Gasteiger partial charge is 0.410 e. The lowest BCUT2D eigenvalue weighted by Crippen LogP contribution is -2.42. The molecule has 0 N–H and O–H groups in total. The van der Waals surface area contributed by atoms with E-state index in [2.05, 4.69) is 0 Å². The minimum Gasteiger partial charge on any atom is -0.495 e. The lowest BCUT2D eigenvalue weighted by atomic mass is 9.93. The van der Waals surface area contributed by atoms with E-state index >= 15 is 0 Å². The van der Waals surface area contributed by atoms with Gasteiger partial charge < -0.3 is 14.4 Å². The molecule has 5 heteroatoms. The number of carbonyl (C=O) groups excluding carboxylic acids is 1. The fraction of sp³-hybridized carbons (Fsp3) is 0.562. The van der Waals surface area contributed by atoms with Crippen LogP contribution in [0, 0.1) is 0 Å². The van der Waals surface area contributed by atoms with Crippen molar-refractivity contribution in [3.8, 4) is 5.75 Å². The predicted octanol–water partition coefficient (Wildman–Crippen LogP) is 4.20. The molecule has 1 aliphatic rings. The van der Waals surface area contributed by atoms with Crippen LogP contribution in [0.25, 0.3) is 0 Å². The number of methoxy groups -OCH3 is 1. The van der Waals surface area contributed by atoms with Gasteiger partial charge in [0.15, 0.2) is 0 Å². The van der Waals surface area contributed by atoms with Gasteiger partial charge in [0.2, 0.25) is 0 Å². The largest absolute Gasteiger partial charge is 0.495 e. The average molecular weight is 312 g/mol. The normalized spacial score (nSPS) is 18.2. The molecule has 1 aromatic rings. The number of amides is 1. The van der Waals surface area contributed by atoms with Crippen molar-refractivity contribution < 1.29 is 14.3 Å². The van der Waals surface area contributed by atoms with E-state index < -0.39 is 5.60 Å². The Labute approximate surface area is 131 Å². The molecular formula is C16H22ClNO3. The molecule has 2 rings (SSSR count). The second-order valence-electron chi connectivity index (χ2n) is 6.29. The molecule has 116 valence electrons. The number of rotatable bonds is 1. The topological polar surface area (TPSA) is 38.8 Å². The molecule has 1 aromatic carbocycles. The highest BCUT2D eigenvalue weighted by Gasteiger charge is 2.31. The van der Waals surface area contributed by atoms with Crippen LogP contribution in [0.4, 0.5) is 4.79 Å². The molecule has 0 fully saturated rings. The van der Waals surface area contributed by atoms with Crippen molar-refractivity contribution in [2.24, 2.45) is 0 Å². The zero-order valence-electron chi connectivity index (χ0n) is 13.2. The fourth-order valence-corrected chi connectivity index (χ4v) is 2.81. The van der Waals surface area contributed by atoms with Crippen LogP contribution in [0.1, 0.15) is 44.9 Å². The maximum atomic E-state index is 12.3. The van der Waals surface area contributed by atoms with Crippen LogP contribution in [-0.2, 0) is 11.2 Å². The second-order valence-corrected chi connectivity index (χ2v) is 6.69. The molecule has 0 unspecified atom stereocenters. The van der Waals surface area contributed by atoms with Crippen LogP contribution in [0.15, 0.2) is 12.1 Å². The molecule has 0 saturated heterocycles. The van der Waals surface area contributed by atoms with Gasteiger partial charge in [-0.05, 0) is 57.4 Å². The summed E-state index contributed by atoms with van der Waals surface area (Å²) in [5, 5.41) is 0.606. The maximum Gasteiger partial charge on any atom is 0.410 e. The number of halogens is 1. The molecule has 0 radical (unpaired) electrons. The molecule has 4 nitrogen and oxygen atoms in total. The highest BCUT2D eigenvalue weighted by molar-refractivity contribution is 6.32. The Kier molecular flexibility index (Phi) is 4.38. The molecule has 0 bridgehead atoms. The zero-order chi connectivity index (χ0) is 15.8. The minimum atomic E-state index is -0.491. The van der Waals surface area contributed by atoms with E-state index in [1.165, 1.54) is 0 Å². The highest BCUT2D eigenvalue weighted by atomic mass is 35.5. The first-order valence-electron chi connectivity index (χ1n) is 7.09. The van der Waals surface area contributed by atoms with Crippen LogP contribution in [0.3, 0.4) is 0 Å². The standard InChI is InChI=1S/C16H22ClNO3/c1-10-12-9-14(20-5)13(17)8-11(12)6-7-18(10)15(19)21-16(2,3)4/h8-10H,6-7H2,1-5H3/t10-/m0/s1. The summed E-state index contributed by atoms with van der Waals surface area (Å²) in [6.45, 7) is 8.24. The quantitative estimate of drug-likeness (QED) is 0.780. The summed E-state index contributed by atoms with van der Waals surface area (Å²) in [7, 11) is 1.59. The van der Waals surface area contributed by atoms with Gasteiger partial charge in [0.05, 0.1) is 18.2 Å². The van der Waals surface area contributed by atoms with Gasteiger partial charge in [-0.1, -0.05) is 11.6 Å². The van der Waals surface area contributed by atoms with Crippen molar-refractivity contribution in [1.82, 2.24) is 4.90 Å². The lowest BCUT2D eigenvalue weighted by Gasteiger charge is -2.36. The van der Waals surface area contributed by atoms with Crippen molar-refractivity contribution in [2.75, 3.05) is 13.7 Å². The third kappa shape index (κ3) is 3.43.